The lowest BCUT2D eigenvalue weighted by Gasteiger charge is -2.28. The average Bonchev–Trinajstić information content (AvgIpc) is 2.45. The van der Waals surface area contributed by atoms with Crippen LogP contribution in [0.15, 0.2) is 22.9 Å². The Morgan fingerprint density at radius 3 is 2.60 bits per heavy atom. The fourth-order valence-electron chi connectivity index (χ4n) is 2.61. The number of aromatic nitrogens is 1. The van der Waals surface area contributed by atoms with E-state index >= 15 is 0 Å². The monoisotopic (exact) mass is 340 g/mol. The number of rotatable bonds is 4. The van der Waals surface area contributed by atoms with E-state index in [-0.39, 0.29) is 5.92 Å². The Kier molecular flexibility index (Phi) is 5.11. The number of hydrogen-bond acceptors (Lipinski definition) is 3. The molecule has 5 nitrogen and oxygen atoms in total. The average molecular weight is 341 g/mol. The number of carboxylic acids is 1. The molecule has 2 N–H and O–H groups in total. The van der Waals surface area contributed by atoms with Crippen LogP contribution in [0.4, 0.5) is 0 Å². The quantitative estimate of drug-likeness (QED) is 0.882. The van der Waals surface area contributed by atoms with Crippen molar-refractivity contribution in [2.24, 2.45) is 5.92 Å². The van der Waals surface area contributed by atoms with Crippen molar-refractivity contribution in [3.63, 3.8) is 0 Å². The molecule has 6 heteroatoms. The van der Waals surface area contributed by atoms with Crippen LogP contribution in [0.25, 0.3) is 0 Å². The predicted molar refractivity (Wildman–Crippen MR) is 77.4 cm³/mol. The van der Waals surface area contributed by atoms with E-state index in [1.807, 2.05) is 0 Å². The van der Waals surface area contributed by atoms with Gasteiger partial charge < -0.3 is 10.4 Å². The second-order valence-corrected chi connectivity index (χ2v) is 5.99. The van der Waals surface area contributed by atoms with Gasteiger partial charge in [0, 0.05) is 16.9 Å². The molecule has 1 amide bonds. The van der Waals surface area contributed by atoms with Gasteiger partial charge in [-0.2, -0.15) is 0 Å². The number of nitrogens with one attached hydrogen (secondary N) is 1. The van der Waals surface area contributed by atoms with Gasteiger partial charge >= 0.3 is 5.97 Å². The van der Waals surface area contributed by atoms with Gasteiger partial charge in [0.25, 0.3) is 5.91 Å². The lowest BCUT2D eigenvalue weighted by molar-refractivity contribution is -0.141. The Morgan fingerprint density at radius 2 is 2.00 bits per heavy atom. The Morgan fingerprint density at radius 1 is 1.30 bits per heavy atom. The minimum Gasteiger partial charge on any atom is -0.480 e. The molecule has 20 heavy (non-hydrogen) atoms. The summed E-state index contributed by atoms with van der Waals surface area (Å²) < 4.78 is 0.690. The standard InChI is InChI=1S/C14H17BrN2O3/c15-11-6-10(7-16-8-11)13(18)17-12(14(19)20)9-4-2-1-3-5-9/h6-9,12H,1-5H2,(H,17,18)(H,19,20). The Balaban J connectivity index is 2.07. The van der Waals surface area contributed by atoms with Gasteiger partial charge in [-0.3, -0.25) is 9.78 Å². The molecule has 1 atom stereocenters. The number of hydrogen-bond donors (Lipinski definition) is 2. The summed E-state index contributed by atoms with van der Waals surface area (Å²) in [6.45, 7) is 0. The molecule has 1 fully saturated rings. The van der Waals surface area contributed by atoms with Crippen LogP contribution in [0.3, 0.4) is 0 Å². The van der Waals surface area contributed by atoms with Crippen LogP contribution in [0.5, 0.6) is 0 Å². The highest BCUT2D eigenvalue weighted by Gasteiger charge is 2.30. The van der Waals surface area contributed by atoms with Gasteiger partial charge in [-0.25, -0.2) is 4.79 Å². The normalized spacial score (nSPS) is 17.4. The molecule has 0 radical (unpaired) electrons. The van der Waals surface area contributed by atoms with Crippen LogP contribution in [0, 0.1) is 5.92 Å². The molecular formula is C14H17BrN2O3. The predicted octanol–water partition coefficient (Wildman–Crippen LogP) is 2.61. The highest BCUT2D eigenvalue weighted by Crippen LogP contribution is 2.26. The lowest BCUT2D eigenvalue weighted by Crippen LogP contribution is -2.46. The molecule has 108 valence electrons. The molecule has 0 aliphatic heterocycles. The molecule has 0 spiro atoms. The van der Waals surface area contributed by atoms with Gasteiger partial charge in [0.05, 0.1) is 5.56 Å². The minimum absolute atomic E-state index is 0.0188. The molecule has 1 saturated carbocycles. The molecule has 1 aromatic heterocycles. The lowest BCUT2D eigenvalue weighted by atomic mass is 9.84. The minimum atomic E-state index is -0.965. The van der Waals surface area contributed by atoms with Crippen LogP contribution in [0.2, 0.25) is 0 Å². The topological polar surface area (TPSA) is 79.3 Å². The number of carboxylic acid groups (broad SMARTS) is 1. The third kappa shape index (κ3) is 3.79. The van der Waals surface area contributed by atoms with Crippen molar-refractivity contribution in [3.8, 4) is 0 Å². The first-order chi connectivity index (χ1) is 9.58. The fourth-order valence-corrected chi connectivity index (χ4v) is 2.97. The number of halogens is 1. The first-order valence-electron chi connectivity index (χ1n) is 6.72. The summed E-state index contributed by atoms with van der Waals surface area (Å²) in [5.41, 5.74) is 0.362. The van der Waals surface area contributed by atoms with Crippen molar-refractivity contribution in [1.29, 1.82) is 0 Å². The third-order valence-electron chi connectivity index (χ3n) is 3.64. The van der Waals surface area contributed by atoms with Crippen molar-refractivity contribution < 1.29 is 14.7 Å². The molecule has 1 aliphatic carbocycles. The Hall–Kier alpha value is -1.43. The molecule has 1 unspecified atom stereocenters. The number of pyridine rings is 1. The van der Waals surface area contributed by atoms with Crippen LogP contribution in [-0.4, -0.2) is 28.0 Å². The highest BCUT2D eigenvalue weighted by molar-refractivity contribution is 9.10. The Bertz CT molecular complexity index is 501. The molecule has 1 aromatic rings. The van der Waals surface area contributed by atoms with E-state index in [1.165, 1.54) is 6.20 Å². The largest absolute Gasteiger partial charge is 0.480 e. The van der Waals surface area contributed by atoms with Crippen LogP contribution >= 0.6 is 15.9 Å². The van der Waals surface area contributed by atoms with Crippen molar-refractivity contribution >= 4 is 27.8 Å². The maximum atomic E-state index is 12.1. The van der Waals surface area contributed by atoms with E-state index in [0.717, 1.165) is 32.1 Å². The summed E-state index contributed by atoms with van der Waals surface area (Å²) in [7, 11) is 0. The zero-order chi connectivity index (χ0) is 14.5. The molecule has 1 heterocycles. The second-order valence-electron chi connectivity index (χ2n) is 5.08. The zero-order valence-corrected chi connectivity index (χ0v) is 12.6. The second kappa shape index (κ2) is 6.83. The summed E-state index contributed by atoms with van der Waals surface area (Å²) >= 11 is 3.24. The maximum absolute atomic E-state index is 12.1. The summed E-state index contributed by atoms with van der Waals surface area (Å²) in [6, 6.07) is 0.809. The zero-order valence-electron chi connectivity index (χ0n) is 11.0. The van der Waals surface area contributed by atoms with Gasteiger partial charge in [-0.15, -0.1) is 0 Å². The van der Waals surface area contributed by atoms with E-state index in [2.05, 4.69) is 26.2 Å². The van der Waals surface area contributed by atoms with E-state index < -0.39 is 17.9 Å². The van der Waals surface area contributed by atoms with Gasteiger partial charge in [0.15, 0.2) is 0 Å². The summed E-state index contributed by atoms with van der Waals surface area (Å²) in [4.78, 5) is 27.4. The first-order valence-corrected chi connectivity index (χ1v) is 7.51. The van der Waals surface area contributed by atoms with Gasteiger partial charge in [0.2, 0.25) is 0 Å². The maximum Gasteiger partial charge on any atom is 0.326 e. The van der Waals surface area contributed by atoms with Crippen molar-refractivity contribution in [2.45, 2.75) is 38.1 Å². The number of carbonyl (C=O) groups is 2. The van der Waals surface area contributed by atoms with Crippen molar-refractivity contribution in [3.05, 3.63) is 28.5 Å². The molecular weight excluding hydrogens is 324 g/mol. The highest BCUT2D eigenvalue weighted by atomic mass is 79.9. The summed E-state index contributed by atoms with van der Waals surface area (Å²) in [5.74, 6) is -1.34. The SMILES string of the molecule is O=C(NC(C(=O)O)C1CCCCC1)c1cncc(Br)c1. The van der Waals surface area contributed by atoms with Gasteiger partial charge in [0.1, 0.15) is 6.04 Å². The molecule has 2 rings (SSSR count). The first kappa shape index (κ1) is 15.0. The molecule has 0 saturated heterocycles. The van der Waals surface area contributed by atoms with E-state index in [0.29, 0.717) is 10.0 Å². The van der Waals surface area contributed by atoms with E-state index in [9.17, 15) is 14.7 Å². The number of nitrogens with zero attached hydrogens (tertiary/aromatic N) is 1. The number of carbonyl (C=O) groups excluding carboxylic acids is 1. The van der Waals surface area contributed by atoms with Crippen LogP contribution in [-0.2, 0) is 4.79 Å². The summed E-state index contributed by atoms with van der Waals surface area (Å²) in [6.07, 6.45) is 7.92. The summed E-state index contributed by atoms with van der Waals surface area (Å²) in [5, 5.41) is 12.0. The molecule has 0 aromatic carbocycles. The van der Waals surface area contributed by atoms with E-state index in [4.69, 9.17) is 0 Å². The van der Waals surface area contributed by atoms with Crippen LogP contribution in [0.1, 0.15) is 42.5 Å². The molecule has 1 aliphatic rings. The Labute approximate surface area is 125 Å². The fraction of sp³-hybridized carbons (Fsp3) is 0.500. The van der Waals surface area contributed by atoms with Gasteiger partial charge in [-0.1, -0.05) is 19.3 Å². The number of aliphatic carboxylic acids is 1. The van der Waals surface area contributed by atoms with Crippen molar-refractivity contribution in [1.82, 2.24) is 10.3 Å². The smallest absolute Gasteiger partial charge is 0.326 e. The molecule has 0 bridgehead atoms. The number of amides is 1. The van der Waals surface area contributed by atoms with Gasteiger partial charge in [-0.05, 0) is 40.8 Å². The van der Waals surface area contributed by atoms with E-state index in [1.54, 1.807) is 12.3 Å². The van der Waals surface area contributed by atoms with Crippen molar-refractivity contribution in [2.75, 3.05) is 0 Å². The third-order valence-corrected chi connectivity index (χ3v) is 4.07. The van der Waals surface area contributed by atoms with Crippen LogP contribution < -0.4 is 5.32 Å².